The zero-order valence-electron chi connectivity index (χ0n) is 18.7. The van der Waals surface area contributed by atoms with E-state index in [-0.39, 0.29) is 0 Å². The second-order valence-corrected chi connectivity index (χ2v) is 8.06. The summed E-state index contributed by atoms with van der Waals surface area (Å²) in [4.78, 5) is 0. The maximum absolute atomic E-state index is 2.21. The van der Waals surface area contributed by atoms with Crippen molar-refractivity contribution in [2.45, 2.75) is 27.7 Å². The fraction of sp³-hybridized carbons (Fsp3) is 0.143. The minimum absolute atomic E-state index is 1.04. The summed E-state index contributed by atoms with van der Waals surface area (Å²) in [6.07, 6.45) is 0. The van der Waals surface area contributed by atoms with E-state index in [1.807, 2.05) is 0 Å². The fourth-order valence-electron chi connectivity index (χ4n) is 3.64. The molecule has 2 heteroatoms. The standard InChI is InChI=1S/2C14H15B/c2*1-11-7-3-5-9-13(11)15-14-10-6-4-8-12(14)2/h2*3-10,15H,1-2H3. The monoisotopic (exact) mass is 388 g/mol. The molecule has 0 aliphatic carbocycles. The Labute approximate surface area is 183 Å². The number of benzene rings is 4. The normalized spacial score (nSPS) is 10.0. The third-order valence-corrected chi connectivity index (χ3v) is 5.81. The first-order valence-corrected chi connectivity index (χ1v) is 10.7. The van der Waals surface area contributed by atoms with Crippen LogP contribution in [-0.2, 0) is 0 Å². The molecule has 4 aromatic rings. The third kappa shape index (κ3) is 6.00. The topological polar surface area (TPSA) is 0 Å². The molecule has 30 heavy (non-hydrogen) atoms. The van der Waals surface area contributed by atoms with Gasteiger partial charge in [-0.25, -0.2) is 0 Å². The molecule has 0 radical (unpaired) electrons. The van der Waals surface area contributed by atoms with Gasteiger partial charge in [0.15, 0.2) is 14.6 Å². The number of rotatable bonds is 4. The van der Waals surface area contributed by atoms with Gasteiger partial charge in [0.2, 0.25) is 0 Å². The maximum atomic E-state index is 2.21. The molecule has 0 saturated heterocycles. The van der Waals surface area contributed by atoms with E-state index in [1.165, 1.54) is 44.1 Å². The lowest BCUT2D eigenvalue weighted by molar-refractivity contribution is 1.50. The van der Waals surface area contributed by atoms with Crippen LogP contribution in [0.4, 0.5) is 0 Å². The molecular formula is C28H30B2. The van der Waals surface area contributed by atoms with Crippen LogP contribution >= 0.6 is 0 Å². The van der Waals surface area contributed by atoms with Crippen LogP contribution < -0.4 is 21.9 Å². The van der Waals surface area contributed by atoms with Gasteiger partial charge in [0.1, 0.15) is 0 Å². The summed E-state index contributed by atoms with van der Waals surface area (Å²) in [5.41, 5.74) is 11.2. The lowest BCUT2D eigenvalue weighted by Gasteiger charge is -2.06. The van der Waals surface area contributed by atoms with Crippen molar-refractivity contribution in [1.82, 2.24) is 0 Å². The molecule has 0 amide bonds. The highest BCUT2D eigenvalue weighted by molar-refractivity contribution is 6.68. The molecule has 0 bridgehead atoms. The summed E-state index contributed by atoms with van der Waals surface area (Å²) in [5.74, 6) is 0. The summed E-state index contributed by atoms with van der Waals surface area (Å²) in [5, 5.41) is 0. The van der Waals surface area contributed by atoms with Gasteiger partial charge in [0.25, 0.3) is 0 Å². The van der Waals surface area contributed by atoms with E-state index in [0.717, 1.165) is 14.6 Å². The second kappa shape index (κ2) is 10.7. The van der Waals surface area contributed by atoms with Crippen molar-refractivity contribution in [1.29, 1.82) is 0 Å². The van der Waals surface area contributed by atoms with Crippen LogP contribution in [-0.4, -0.2) is 14.6 Å². The highest BCUT2D eigenvalue weighted by atomic mass is 13.9. The molecule has 0 atom stereocenters. The van der Waals surface area contributed by atoms with Gasteiger partial charge in [0, 0.05) is 0 Å². The van der Waals surface area contributed by atoms with Gasteiger partial charge in [-0.15, -0.1) is 0 Å². The van der Waals surface area contributed by atoms with Gasteiger partial charge in [-0.3, -0.25) is 0 Å². The van der Waals surface area contributed by atoms with Crippen LogP contribution in [0.2, 0.25) is 0 Å². The van der Waals surface area contributed by atoms with Crippen molar-refractivity contribution in [3.05, 3.63) is 119 Å². The van der Waals surface area contributed by atoms with E-state index < -0.39 is 0 Å². The number of hydrogen-bond donors (Lipinski definition) is 0. The summed E-state index contributed by atoms with van der Waals surface area (Å²) in [7, 11) is 2.08. The largest absolute Gasteiger partial charge is 0.192 e. The summed E-state index contributed by atoms with van der Waals surface area (Å²) in [6, 6.07) is 34.4. The Morgan fingerprint density at radius 2 is 0.533 bits per heavy atom. The Kier molecular flexibility index (Phi) is 7.74. The van der Waals surface area contributed by atoms with Gasteiger partial charge >= 0.3 is 0 Å². The maximum Gasteiger partial charge on any atom is 0.192 e. The molecule has 0 unspecified atom stereocenters. The predicted octanol–water partition coefficient (Wildman–Crippen LogP) is 3.38. The van der Waals surface area contributed by atoms with Crippen LogP contribution in [0, 0.1) is 27.7 Å². The van der Waals surface area contributed by atoms with Crippen molar-refractivity contribution in [3.63, 3.8) is 0 Å². The first-order valence-electron chi connectivity index (χ1n) is 10.7. The quantitative estimate of drug-likeness (QED) is 0.471. The Morgan fingerprint density at radius 1 is 0.333 bits per heavy atom. The zero-order valence-corrected chi connectivity index (χ0v) is 18.7. The van der Waals surface area contributed by atoms with E-state index in [4.69, 9.17) is 0 Å². The summed E-state index contributed by atoms with van der Waals surface area (Å²) >= 11 is 0. The molecule has 0 spiro atoms. The highest BCUT2D eigenvalue weighted by Crippen LogP contribution is 1.97. The smallest absolute Gasteiger partial charge is 0.0757 e. The van der Waals surface area contributed by atoms with E-state index in [9.17, 15) is 0 Å². The minimum Gasteiger partial charge on any atom is -0.0757 e. The third-order valence-electron chi connectivity index (χ3n) is 5.81. The van der Waals surface area contributed by atoms with E-state index in [1.54, 1.807) is 0 Å². The first-order chi connectivity index (χ1) is 14.5. The molecule has 148 valence electrons. The van der Waals surface area contributed by atoms with Crippen molar-refractivity contribution in [2.24, 2.45) is 0 Å². The Balaban J connectivity index is 0.000000171. The molecule has 0 aromatic heterocycles. The molecule has 0 aliphatic rings. The fourth-order valence-corrected chi connectivity index (χ4v) is 3.64. The van der Waals surface area contributed by atoms with Crippen LogP contribution in [0.25, 0.3) is 0 Å². The molecule has 0 saturated carbocycles. The number of hydrogen-bond acceptors (Lipinski definition) is 0. The Hall–Kier alpha value is -2.99. The van der Waals surface area contributed by atoms with Gasteiger partial charge in [-0.1, -0.05) is 141 Å². The van der Waals surface area contributed by atoms with Crippen LogP contribution in [0.1, 0.15) is 22.3 Å². The molecule has 4 rings (SSSR count). The molecule has 4 aromatic carbocycles. The van der Waals surface area contributed by atoms with E-state index >= 15 is 0 Å². The lowest BCUT2D eigenvalue weighted by atomic mass is 9.61. The molecule has 0 N–H and O–H groups in total. The van der Waals surface area contributed by atoms with Crippen molar-refractivity contribution >= 4 is 36.4 Å². The Morgan fingerprint density at radius 3 is 0.733 bits per heavy atom. The van der Waals surface area contributed by atoms with Gasteiger partial charge < -0.3 is 0 Å². The van der Waals surface area contributed by atoms with Gasteiger partial charge in [0.05, 0.1) is 0 Å². The van der Waals surface area contributed by atoms with E-state index in [0.29, 0.717) is 0 Å². The summed E-state index contributed by atoms with van der Waals surface area (Å²) in [6.45, 7) is 8.70. The zero-order chi connectivity index (χ0) is 21.3. The van der Waals surface area contributed by atoms with Gasteiger partial charge in [-0.05, 0) is 27.7 Å². The number of aryl methyl sites for hydroxylation is 4. The van der Waals surface area contributed by atoms with Gasteiger partial charge in [-0.2, -0.15) is 0 Å². The average Bonchev–Trinajstić information content (AvgIpc) is 2.75. The lowest BCUT2D eigenvalue weighted by Crippen LogP contribution is -2.30. The average molecular weight is 388 g/mol. The SMILES string of the molecule is Cc1ccccc1Bc1ccccc1C.Cc1ccccc1Bc1ccccc1C. The van der Waals surface area contributed by atoms with Crippen LogP contribution in [0.5, 0.6) is 0 Å². The minimum atomic E-state index is 1.04. The first kappa shape index (κ1) is 21.7. The molecule has 0 nitrogen and oxygen atoms in total. The Bertz CT molecular complexity index is 923. The van der Waals surface area contributed by atoms with E-state index in [2.05, 4.69) is 125 Å². The highest BCUT2D eigenvalue weighted by Gasteiger charge is 2.04. The second-order valence-electron chi connectivity index (χ2n) is 8.06. The van der Waals surface area contributed by atoms with Crippen LogP contribution in [0.3, 0.4) is 0 Å². The van der Waals surface area contributed by atoms with Crippen LogP contribution in [0.15, 0.2) is 97.1 Å². The molecule has 0 heterocycles. The molecule has 0 aliphatic heterocycles. The molecular weight excluding hydrogens is 358 g/mol. The predicted molar refractivity (Wildman–Crippen MR) is 138 cm³/mol. The van der Waals surface area contributed by atoms with Crippen molar-refractivity contribution in [2.75, 3.05) is 0 Å². The summed E-state index contributed by atoms with van der Waals surface area (Å²) < 4.78 is 0. The molecule has 0 fully saturated rings. The van der Waals surface area contributed by atoms with Crippen molar-refractivity contribution < 1.29 is 0 Å². The van der Waals surface area contributed by atoms with Crippen molar-refractivity contribution in [3.8, 4) is 0 Å².